The Bertz CT molecular complexity index is 132. The Morgan fingerprint density at radius 2 is 2.10 bits per heavy atom. The number of carbonyl (C=O) groups is 1. The lowest BCUT2D eigenvalue weighted by atomic mass is 9.84. The second-order valence-corrected chi connectivity index (χ2v) is 3.01. The molecule has 0 saturated heterocycles. The second-order valence-electron chi connectivity index (χ2n) is 3.01. The van der Waals surface area contributed by atoms with Crippen LogP contribution in [-0.2, 0) is 4.79 Å². The Hall–Kier alpha value is -0.570. The molecule has 1 amide bonds. The molecule has 0 radical (unpaired) electrons. The van der Waals surface area contributed by atoms with Crippen LogP contribution in [0.15, 0.2) is 0 Å². The SMILES string of the molecule is CCC(O)C(C)(C)C(N)=O. The van der Waals surface area contributed by atoms with Crippen molar-refractivity contribution in [3.8, 4) is 0 Å². The number of hydrogen-bond donors (Lipinski definition) is 2. The van der Waals surface area contributed by atoms with Gasteiger partial charge in [0.25, 0.3) is 0 Å². The normalized spacial score (nSPS) is 14.8. The Labute approximate surface area is 61.2 Å². The summed E-state index contributed by atoms with van der Waals surface area (Å²) in [5.41, 5.74) is 4.25. The van der Waals surface area contributed by atoms with E-state index < -0.39 is 17.4 Å². The van der Waals surface area contributed by atoms with Gasteiger partial charge >= 0.3 is 0 Å². The van der Waals surface area contributed by atoms with Gasteiger partial charge in [0.2, 0.25) is 5.91 Å². The van der Waals surface area contributed by atoms with Crippen molar-refractivity contribution < 1.29 is 9.90 Å². The lowest BCUT2D eigenvalue weighted by Crippen LogP contribution is -2.41. The maximum atomic E-state index is 10.7. The summed E-state index contributed by atoms with van der Waals surface area (Å²) in [6, 6.07) is 0. The molecule has 0 aliphatic heterocycles. The monoisotopic (exact) mass is 145 g/mol. The van der Waals surface area contributed by atoms with Crippen molar-refractivity contribution in [1.82, 2.24) is 0 Å². The van der Waals surface area contributed by atoms with E-state index in [2.05, 4.69) is 0 Å². The topological polar surface area (TPSA) is 63.3 Å². The van der Waals surface area contributed by atoms with Gasteiger partial charge in [0.05, 0.1) is 11.5 Å². The van der Waals surface area contributed by atoms with Crippen LogP contribution in [-0.4, -0.2) is 17.1 Å². The molecule has 0 aromatic heterocycles. The maximum Gasteiger partial charge on any atom is 0.225 e. The van der Waals surface area contributed by atoms with Gasteiger partial charge in [-0.2, -0.15) is 0 Å². The van der Waals surface area contributed by atoms with Crippen molar-refractivity contribution in [3.05, 3.63) is 0 Å². The lowest BCUT2D eigenvalue weighted by Gasteiger charge is -2.25. The molecular weight excluding hydrogens is 130 g/mol. The number of nitrogens with two attached hydrogens (primary N) is 1. The van der Waals surface area contributed by atoms with Crippen LogP contribution in [0, 0.1) is 5.41 Å². The van der Waals surface area contributed by atoms with Crippen LogP contribution in [0.5, 0.6) is 0 Å². The van der Waals surface area contributed by atoms with E-state index >= 15 is 0 Å². The van der Waals surface area contributed by atoms with Crippen LogP contribution in [0.4, 0.5) is 0 Å². The standard InChI is InChI=1S/C7H15NO2/c1-4-5(9)7(2,3)6(8)10/h5,9H,4H2,1-3H3,(H2,8,10). The summed E-state index contributed by atoms with van der Waals surface area (Å²) >= 11 is 0. The quantitative estimate of drug-likeness (QED) is 0.598. The van der Waals surface area contributed by atoms with Crippen LogP contribution >= 0.6 is 0 Å². The third kappa shape index (κ3) is 1.70. The van der Waals surface area contributed by atoms with Gasteiger partial charge in [0.1, 0.15) is 0 Å². The van der Waals surface area contributed by atoms with Gasteiger partial charge in [-0.15, -0.1) is 0 Å². The number of primary amides is 1. The highest BCUT2D eigenvalue weighted by Gasteiger charge is 2.32. The molecule has 0 fully saturated rings. The Morgan fingerprint density at radius 3 is 2.20 bits per heavy atom. The zero-order valence-electron chi connectivity index (χ0n) is 6.72. The van der Waals surface area contributed by atoms with Crippen molar-refractivity contribution >= 4 is 5.91 Å². The first-order valence-electron chi connectivity index (χ1n) is 3.41. The third-order valence-corrected chi connectivity index (χ3v) is 1.85. The van der Waals surface area contributed by atoms with Gasteiger partial charge in [0, 0.05) is 0 Å². The van der Waals surface area contributed by atoms with Gasteiger partial charge in [-0.25, -0.2) is 0 Å². The van der Waals surface area contributed by atoms with Gasteiger partial charge in [-0.3, -0.25) is 4.79 Å². The molecule has 0 aromatic carbocycles. The van der Waals surface area contributed by atoms with E-state index in [1.165, 1.54) is 0 Å². The molecule has 0 aromatic rings. The lowest BCUT2D eigenvalue weighted by molar-refractivity contribution is -0.131. The van der Waals surface area contributed by atoms with Gasteiger partial charge in [-0.05, 0) is 20.3 Å². The molecule has 3 nitrogen and oxygen atoms in total. The van der Waals surface area contributed by atoms with Crippen LogP contribution < -0.4 is 5.73 Å². The number of hydrogen-bond acceptors (Lipinski definition) is 2. The minimum absolute atomic E-state index is 0.457. The van der Waals surface area contributed by atoms with Crippen molar-refractivity contribution in [2.75, 3.05) is 0 Å². The van der Waals surface area contributed by atoms with Crippen LogP contribution in [0.3, 0.4) is 0 Å². The molecule has 1 atom stereocenters. The molecule has 10 heavy (non-hydrogen) atoms. The minimum Gasteiger partial charge on any atom is -0.392 e. The van der Waals surface area contributed by atoms with Gasteiger partial charge in [0.15, 0.2) is 0 Å². The number of rotatable bonds is 3. The zero-order chi connectivity index (χ0) is 8.36. The number of amides is 1. The third-order valence-electron chi connectivity index (χ3n) is 1.85. The molecule has 1 unspecified atom stereocenters. The average molecular weight is 145 g/mol. The summed E-state index contributed by atoms with van der Waals surface area (Å²) in [6.07, 6.45) is -0.0827. The second kappa shape index (κ2) is 3.01. The molecule has 0 saturated carbocycles. The smallest absolute Gasteiger partial charge is 0.225 e. The Balaban J connectivity index is 4.23. The zero-order valence-corrected chi connectivity index (χ0v) is 6.72. The van der Waals surface area contributed by atoms with Crippen molar-refractivity contribution in [3.63, 3.8) is 0 Å². The fraction of sp³-hybridized carbons (Fsp3) is 0.857. The van der Waals surface area contributed by atoms with Crippen LogP contribution in [0.2, 0.25) is 0 Å². The molecule has 0 spiro atoms. The summed E-state index contributed by atoms with van der Waals surface area (Å²) in [6.45, 7) is 5.10. The summed E-state index contributed by atoms with van der Waals surface area (Å²) in [4.78, 5) is 10.7. The van der Waals surface area contributed by atoms with E-state index in [0.29, 0.717) is 6.42 Å². The highest BCUT2D eigenvalue weighted by atomic mass is 16.3. The van der Waals surface area contributed by atoms with E-state index in [4.69, 9.17) is 5.73 Å². The number of aliphatic hydroxyl groups excluding tert-OH is 1. The number of carbonyl (C=O) groups excluding carboxylic acids is 1. The summed E-state index contributed by atoms with van der Waals surface area (Å²) in [5.74, 6) is -0.457. The first-order valence-corrected chi connectivity index (χ1v) is 3.41. The molecule has 3 heteroatoms. The van der Waals surface area contributed by atoms with Crippen molar-refractivity contribution in [2.45, 2.75) is 33.3 Å². The molecule has 60 valence electrons. The predicted molar refractivity (Wildman–Crippen MR) is 39.3 cm³/mol. The van der Waals surface area contributed by atoms with E-state index in [9.17, 15) is 9.90 Å². The van der Waals surface area contributed by atoms with E-state index in [0.717, 1.165) is 0 Å². The molecule has 0 heterocycles. The maximum absolute atomic E-state index is 10.7. The number of aliphatic hydroxyl groups is 1. The molecule has 0 aliphatic rings. The Morgan fingerprint density at radius 1 is 1.70 bits per heavy atom. The highest BCUT2D eigenvalue weighted by Crippen LogP contribution is 2.21. The highest BCUT2D eigenvalue weighted by molar-refractivity contribution is 5.80. The van der Waals surface area contributed by atoms with Gasteiger partial charge < -0.3 is 10.8 Å². The molecule has 3 N–H and O–H groups in total. The van der Waals surface area contributed by atoms with Crippen LogP contribution in [0.25, 0.3) is 0 Å². The fourth-order valence-electron chi connectivity index (χ4n) is 0.675. The van der Waals surface area contributed by atoms with E-state index in [-0.39, 0.29) is 0 Å². The molecule has 0 bridgehead atoms. The summed E-state index contributed by atoms with van der Waals surface area (Å²) < 4.78 is 0. The van der Waals surface area contributed by atoms with Gasteiger partial charge in [-0.1, -0.05) is 6.92 Å². The van der Waals surface area contributed by atoms with Crippen molar-refractivity contribution in [2.24, 2.45) is 11.1 Å². The summed E-state index contributed by atoms with van der Waals surface area (Å²) in [7, 11) is 0. The summed E-state index contributed by atoms with van der Waals surface area (Å²) in [5, 5.41) is 9.26. The Kier molecular flexibility index (Phi) is 2.84. The molecule has 0 rings (SSSR count). The first kappa shape index (κ1) is 9.43. The molecule has 0 aliphatic carbocycles. The van der Waals surface area contributed by atoms with E-state index in [1.807, 2.05) is 6.92 Å². The average Bonchev–Trinajstić information content (AvgIpc) is 1.86. The van der Waals surface area contributed by atoms with Crippen molar-refractivity contribution in [1.29, 1.82) is 0 Å². The molecular formula is C7H15NO2. The first-order chi connectivity index (χ1) is 4.42. The minimum atomic E-state index is -0.797. The van der Waals surface area contributed by atoms with Crippen LogP contribution in [0.1, 0.15) is 27.2 Å². The fourth-order valence-corrected chi connectivity index (χ4v) is 0.675. The predicted octanol–water partition coefficient (Wildman–Crippen LogP) is 0.269. The van der Waals surface area contributed by atoms with E-state index in [1.54, 1.807) is 13.8 Å². The largest absolute Gasteiger partial charge is 0.392 e.